The van der Waals surface area contributed by atoms with E-state index in [-0.39, 0.29) is 31.0 Å². The molecule has 178 valence electrons. The van der Waals surface area contributed by atoms with Gasteiger partial charge < -0.3 is 19.7 Å². The van der Waals surface area contributed by atoms with Crippen LogP contribution < -0.4 is 19.5 Å². The number of amides is 2. The normalized spacial score (nSPS) is 16.2. The second-order valence-corrected chi connectivity index (χ2v) is 9.69. The van der Waals surface area contributed by atoms with Crippen molar-refractivity contribution in [2.75, 3.05) is 38.4 Å². The Morgan fingerprint density at radius 1 is 1.09 bits per heavy atom. The van der Waals surface area contributed by atoms with E-state index in [9.17, 15) is 18.0 Å². The van der Waals surface area contributed by atoms with Crippen LogP contribution in [-0.2, 0) is 14.8 Å². The van der Waals surface area contributed by atoms with Gasteiger partial charge in [0.2, 0.25) is 10.0 Å². The fraction of sp³-hybridized carbons (Fsp3) is 0.391. The van der Waals surface area contributed by atoms with Gasteiger partial charge in [0.1, 0.15) is 11.5 Å². The topological polar surface area (TPSA) is 114 Å². The lowest BCUT2D eigenvalue weighted by atomic mass is 10.0. The van der Waals surface area contributed by atoms with E-state index in [4.69, 9.17) is 9.47 Å². The average molecular weight is 476 g/mol. The van der Waals surface area contributed by atoms with Gasteiger partial charge in [0.15, 0.2) is 6.61 Å². The van der Waals surface area contributed by atoms with Gasteiger partial charge in [0.25, 0.3) is 11.8 Å². The molecular weight excluding hydrogens is 446 g/mol. The van der Waals surface area contributed by atoms with Gasteiger partial charge in [-0.2, -0.15) is 0 Å². The minimum Gasteiger partial charge on any atom is -0.497 e. The van der Waals surface area contributed by atoms with Crippen LogP contribution in [0.25, 0.3) is 0 Å². The first kappa shape index (κ1) is 24.5. The Kier molecular flexibility index (Phi) is 8.29. The number of carbonyl (C=O) groups excluding carboxylic acids is 2. The second kappa shape index (κ2) is 11.2. The maximum atomic E-state index is 13.0. The molecule has 1 aliphatic heterocycles. The quantitative estimate of drug-likeness (QED) is 0.575. The predicted octanol–water partition coefficient (Wildman–Crippen LogP) is 2.26. The van der Waals surface area contributed by atoms with Gasteiger partial charge in [-0.25, -0.2) is 13.1 Å². The van der Waals surface area contributed by atoms with Crippen LogP contribution >= 0.6 is 0 Å². The highest BCUT2D eigenvalue weighted by molar-refractivity contribution is 7.88. The lowest BCUT2D eigenvalue weighted by Gasteiger charge is -2.35. The highest BCUT2D eigenvalue weighted by Gasteiger charge is 2.28. The van der Waals surface area contributed by atoms with Crippen LogP contribution in [0.4, 0.5) is 5.69 Å². The molecule has 1 heterocycles. The third-order valence-electron chi connectivity index (χ3n) is 5.29. The molecule has 0 bridgehead atoms. The van der Waals surface area contributed by atoms with E-state index in [1.807, 2.05) is 0 Å². The Morgan fingerprint density at radius 2 is 1.85 bits per heavy atom. The molecule has 10 heteroatoms. The Bertz CT molecular complexity index is 1070. The summed E-state index contributed by atoms with van der Waals surface area (Å²) >= 11 is 0. The van der Waals surface area contributed by atoms with Crippen LogP contribution in [0.1, 0.15) is 29.6 Å². The average Bonchev–Trinajstić information content (AvgIpc) is 2.81. The first-order chi connectivity index (χ1) is 15.7. The zero-order valence-corrected chi connectivity index (χ0v) is 19.6. The van der Waals surface area contributed by atoms with Gasteiger partial charge in [-0.05, 0) is 55.7 Å². The van der Waals surface area contributed by atoms with Crippen LogP contribution in [0.2, 0.25) is 0 Å². The summed E-state index contributed by atoms with van der Waals surface area (Å²) in [7, 11) is -1.77. The van der Waals surface area contributed by atoms with E-state index in [0.717, 1.165) is 25.5 Å². The minimum atomic E-state index is -3.32. The van der Waals surface area contributed by atoms with Crippen molar-refractivity contribution < 1.29 is 27.5 Å². The number of ether oxygens (including phenoxy) is 2. The molecule has 0 saturated carbocycles. The Hall–Kier alpha value is -3.11. The molecule has 1 unspecified atom stereocenters. The molecule has 0 aliphatic carbocycles. The summed E-state index contributed by atoms with van der Waals surface area (Å²) in [5, 5.41) is 2.73. The van der Waals surface area contributed by atoms with Crippen molar-refractivity contribution in [1.82, 2.24) is 9.62 Å². The largest absolute Gasteiger partial charge is 0.497 e. The zero-order chi connectivity index (χ0) is 23.8. The zero-order valence-electron chi connectivity index (χ0n) is 18.7. The van der Waals surface area contributed by atoms with Crippen LogP contribution in [0.3, 0.4) is 0 Å². The number of methoxy groups -OCH3 is 1. The van der Waals surface area contributed by atoms with E-state index >= 15 is 0 Å². The highest BCUT2D eigenvalue weighted by Crippen LogP contribution is 2.21. The minimum absolute atomic E-state index is 0.155. The molecule has 1 fully saturated rings. The van der Waals surface area contributed by atoms with Crippen molar-refractivity contribution in [1.29, 1.82) is 0 Å². The van der Waals surface area contributed by atoms with Gasteiger partial charge >= 0.3 is 0 Å². The van der Waals surface area contributed by atoms with E-state index in [0.29, 0.717) is 29.3 Å². The fourth-order valence-electron chi connectivity index (χ4n) is 3.63. The van der Waals surface area contributed by atoms with E-state index in [2.05, 4.69) is 10.0 Å². The number of rotatable bonds is 9. The van der Waals surface area contributed by atoms with Gasteiger partial charge in [0.05, 0.1) is 13.4 Å². The number of anilines is 1. The number of benzene rings is 2. The molecule has 0 radical (unpaired) electrons. The van der Waals surface area contributed by atoms with Crippen LogP contribution in [0, 0.1) is 0 Å². The fourth-order valence-corrected chi connectivity index (χ4v) is 4.13. The predicted molar refractivity (Wildman–Crippen MR) is 125 cm³/mol. The number of likely N-dealkylation sites (tertiary alicyclic amines) is 1. The maximum absolute atomic E-state index is 13.0. The Balaban J connectivity index is 1.55. The molecule has 3 rings (SSSR count). The van der Waals surface area contributed by atoms with Gasteiger partial charge in [0, 0.05) is 36.4 Å². The third kappa shape index (κ3) is 7.47. The molecule has 0 spiro atoms. The molecule has 2 N–H and O–H groups in total. The van der Waals surface area contributed by atoms with Crippen molar-refractivity contribution >= 4 is 27.5 Å². The summed E-state index contributed by atoms with van der Waals surface area (Å²) in [6.07, 6.45) is 3.69. The third-order valence-corrected chi connectivity index (χ3v) is 5.98. The highest BCUT2D eigenvalue weighted by atomic mass is 32.2. The van der Waals surface area contributed by atoms with E-state index in [1.165, 1.54) is 0 Å². The van der Waals surface area contributed by atoms with Gasteiger partial charge in [-0.1, -0.05) is 6.07 Å². The molecular formula is C23H29N3O6S. The summed E-state index contributed by atoms with van der Waals surface area (Å²) in [6, 6.07) is 13.4. The van der Waals surface area contributed by atoms with Gasteiger partial charge in [-0.3, -0.25) is 9.59 Å². The molecule has 2 aromatic rings. The summed E-state index contributed by atoms with van der Waals surface area (Å²) in [4.78, 5) is 26.9. The molecule has 1 atom stereocenters. The monoisotopic (exact) mass is 475 g/mol. The number of sulfonamides is 1. The molecule has 1 saturated heterocycles. The lowest BCUT2D eigenvalue weighted by molar-refractivity contribution is -0.118. The first-order valence-corrected chi connectivity index (χ1v) is 12.6. The molecule has 0 aromatic heterocycles. The molecule has 1 aliphatic rings. The standard InChI is InChI=1S/C23H29N3O6S/c1-31-21-8-5-6-18(14-21)25-22(27)16-32-20-11-9-17(10-12-20)23(28)26-13-4-3-7-19(26)15-24-33(2,29)30/h5-6,8-12,14,19,24H,3-4,7,13,15-16H2,1-2H3,(H,25,27). The Labute approximate surface area is 194 Å². The smallest absolute Gasteiger partial charge is 0.262 e. The van der Waals surface area contributed by atoms with Crippen molar-refractivity contribution in [2.45, 2.75) is 25.3 Å². The van der Waals surface area contributed by atoms with Crippen molar-refractivity contribution in [3.63, 3.8) is 0 Å². The number of carbonyl (C=O) groups is 2. The summed E-state index contributed by atoms with van der Waals surface area (Å²) < 4.78 is 36.0. The van der Waals surface area contributed by atoms with Crippen LogP contribution in [0.15, 0.2) is 48.5 Å². The molecule has 9 nitrogen and oxygen atoms in total. The number of hydrogen-bond acceptors (Lipinski definition) is 6. The van der Waals surface area contributed by atoms with Crippen molar-refractivity contribution in [3.8, 4) is 11.5 Å². The van der Waals surface area contributed by atoms with Crippen LogP contribution in [0.5, 0.6) is 11.5 Å². The first-order valence-electron chi connectivity index (χ1n) is 10.7. The van der Waals surface area contributed by atoms with Crippen molar-refractivity contribution in [2.24, 2.45) is 0 Å². The van der Waals surface area contributed by atoms with E-state index < -0.39 is 10.0 Å². The van der Waals surface area contributed by atoms with Gasteiger partial charge in [-0.15, -0.1) is 0 Å². The maximum Gasteiger partial charge on any atom is 0.262 e. The SMILES string of the molecule is COc1cccc(NC(=O)COc2ccc(C(=O)N3CCCCC3CNS(C)(=O)=O)cc2)c1. The Morgan fingerprint density at radius 3 is 2.55 bits per heavy atom. The number of hydrogen-bond donors (Lipinski definition) is 2. The van der Waals surface area contributed by atoms with E-state index in [1.54, 1.807) is 60.5 Å². The molecule has 2 amide bonds. The summed E-state index contributed by atoms with van der Waals surface area (Å²) in [5.74, 6) is 0.619. The number of nitrogens with zero attached hydrogens (tertiary/aromatic N) is 1. The summed E-state index contributed by atoms with van der Waals surface area (Å²) in [5.41, 5.74) is 1.08. The second-order valence-electron chi connectivity index (χ2n) is 7.86. The summed E-state index contributed by atoms with van der Waals surface area (Å²) in [6.45, 7) is 0.599. The van der Waals surface area contributed by atoms with Crippen molar-refractivity contribution in [3.05, 3.63) is 54.1 Å². The van der Waals surface area contributed by atoms with Crippen LogP contribution in [-0.4, -0.2) is 64.2 Å². The number of nitrogens with one attached hydrogen (secondary N) is 2. The lowest BCUT2D eigenvalue weighted by Crippen LogP contribution is -2.49. The number of piperidine rings is 1. The molecule has 2 aromatic carbocycles. The molecule has 33 heavy (non-hydrogen) atoms.